The Balaban J connectivity index is 0. The first kappa shape index (κ1) is 13.1. The van der Waals surface area contributed by atoms with Crippen LogP contribution in [0, 0.1) is 0 Å². The summed E-state index contributed by atoms with van der Waals surface area (Å²) in [6, 6.07) is 0.449. The van der Waals surface area contributed by atoms with Crippen LogP contribution in [-0.2, 0) is 0 Å². The molecule has 0 saturated heterocycles. The van der Waals surface area contributed by atoms with E-state index in [9.17, 15) is 0 Å². The smallest absolute Gasteiger partial charge is 0.0216 e. The van der Waals surface area contributed by atoms with Gasteiger partial charge in [-0.25, -0.2) is 0 Å². The predicted molar refractivity (Wildman–Crippen MR) is 53.8 cm³/mol. The van der Waals surface area contributed by atoms with E-state index in [1.807, 2.05) is 26.1 Å². The minimum atomic E-state index is 0.449. The zero-order chi connectivity index (χ0) is 9.11. The molecular formula is C10H21N. The van der Waals surface area contributed by atoms with Crippen LogP contribution in [0.4, 0.5) is 0 Å². The van der Waals surface area contributed by atoms with E-state index in [0.717, 1.165) is 6.42 Å². The summed E-state index contributed by atoms with van der Waals surface area (Å²) in [5.74, 6) is 0. The Kier molecular flexibility index (Phi) is 14.4. The minimum Gasteiger partial charge on any atom is -0.314 e. The molecule has 0 rings (SSSR count). The molecular weight excluding hydrogens is 134 g/mol. The number of hydrogen-bond donors (Lipinski definition) is 1. The third-order valence-electron chi connectivity index (χ3n) is 1.30. The molecule has 0 amide bonds. The Bertz CT molecular complexity index is 86.9. The quantitative estimate of drug-likeness (QED) is 0.615. The average molecular weight is 155 g/mol. The molecule has 1 nitrogen and oxygen atoms in total. The van der Waals surface area contributed by atoms with Crippen LogP contribution in [0.3, 0.4) is 0 Å². The Morgan fingerprint density at radius 2 is 2.00 bits per heavy atom. The molecule has 1 heteroatoms. The molecule has 1 atom stereocenters. The van der Waals surface area contributed by atoms with Crippen LogP contribution in [0.1, 0.15) is 26.7 Å². The Morgan fingerprint density at radius 3 is 2.00 bits per heavy atom. The average Bonchev–Trinajstić information content (AvgIpc) is 2.06. The van der Waals surface area contributed by atoms with Crippen molar-refractivity contribution >= 4 is 0 Å². The van der Waals surface area contributed by atoms with Crippen molar-refractivity contribution in [2.45, 2.75) is 32.7 Å². The summed E-state index contributed by atoms with van der Waals surface area (Å²) in [6.45, 7) is 11.3. The van der Waals surface area contributed by atoms with Crippen molar-refractivity contribution < 1.29 is 0 Å². The summed E-state index contributed by atoms with van der Waals surface area (Å²) in [4.78, 5) is 0. The number of hydrogen-bond acceptors (Lipinski definition) is 1. The van der Waals surface area contributed by atoms with Gasteiger partial charge >= 0.3 is 0 Å². The second kappa shape index (κ2) is 12.1. The zero-order valence-corrected chi connectivity index (χ0v) is 8.06. The van der Waals surface area contributed by atoms with Crippen molar-refractivity contribution in [3.8, 4) is 0 Å². The first-order valence-corrected chi connectivity index (χ1v) is 4.13. The Morgan fingerprint density at radius 1 is 1.45 bits per heavy atom. The minimum absolute atomic E-state index is 0.449. The number of likely N-dealkylation sites (N-methyl/N-ethyl adjacent to an activating group) is 1. The highest BCUT2D eigenvalue weighted by Gasteiger charge is 1.81. The molecule has 1 unspecified atom stereocenters. The fourth-order valence-corrected chi connectivity index (χ4v) is 0.322. The Labute approximate surface area is 71.2 Å². The lowest BCUT2D eigenvalue weighted by atomic mass is 10.3. The zero-order valence-electron chi connectivity index (χ0n) is 8.06. The molecule has 0 aliphatic rings. The van der Waals surface area contributed by atoms with Crippen molar-refractivity contribution in [3.05, 3.63) is 25.3 Å². The van der Waals surface area contributed by atoms with Crippen LogP contribution in [-0.4, -0.2) is 13.1 Å². The summed E-state index contributed by atoms with van der Waals surface area (Å²) in [5, 5.41) is 3.00. The van der Waals surface area contributed by atoms with Crippen LogP contribution in [0.5, 0.6) is 0 Å². The van der Waals surface area contributed by atoms with Gasteiger partial charge in [0.15, 0.2) is 0 Å². The molecule has 66 valence electrons. The van der Waals surface area contributed by atoms with E-state index in [4.69, 9.17) is 0 Å². The lowest BCUT2D eigenvalue weighted by Crippen LogP contribution is -2.17. The molecule has 0 aromatic heterocycles. The number of allylic oxidation sites excluding steroid dienone is 1. The first-order chi connectivity index (χ1) is 5.22. The van der Waals surface area contributed by atoms with Crippen LogP contribution in [0.15, 0.2) is 25.3 Å². The maximum Gasteiger partial charge on any atom is 0.0216 e. The summed E-state index contributed by atoms with van der Waals surface area (Å²) in [5.41, 5.74) is 0. The van der Waals surface area contributed by atoms with Crippen LogP contribution in [0.2, 0.25) is 0 Å². The van der Waals surface area contributed by atoms with Gasteiger partial charge in [0.2, 0.25) is 0 Å². The van der Waals surface area contributed by atoms with Gasteiger partial charge in [-0.1, -0.05) is 25.5 Å². The fraction of sp³-hybridized carbons (Fsp3) is 0.600. The van der Waals surface area contributed by atoms with Crippen LogP contribution < -0.4 is 5.32 Å². The number of unbranched alkanes of at least 4 members (excludes halogenated alkanes) is 1. The molecule has 1 N–H and O–H groups in total. The molecule has 0 heterocycles. The summed E-state index contributed by atoms with van der Waals surface area (Å²) in [7, 11) is 1.91. The maximum atomic E-state index is 3.57. The summed E-state index contributed by atoms with van der Waals surface area (Å²) < 4.78 is 0. The molecule has 0 radical (unpaired) electrons. The standard InChI is InChI=1S/C5H11N.C5H10/c1-4-5(2)6-3;1-3-5-4-2/h4-6H,1H2,2-3H3;3H,1,4-5H2,2H3. The third kappa shape index (κ3) is 17.7. The van der Waals surface area contributed by atoms with E-state index in [2.05, 4.69) is 25.4 Å². The van der Waals surface area contributed by atoms with Gasteiger partial charge in [0.05, 0.1) is 0 Å². The molecule has 0 fully saturated rings. The number of nitrogens with one attached hydrogen (secondary N) is 1. The van der Waals surface area contributed by atoms with Gasteiger partial charge in [0, 0.05) is 6.04 Å². The summed E-state index contributed by atoms with van der Waals surface area (Å²) in [6.07, 6.45) is 6.17. The molecule has 0 aliphatic carbocycles. The van der Waals surface area contributed by atoms with E-state index in [1.54, 1.807) is 0 Å². The second-order valence-electron chi connectivity index (χ2n) is 2.39. The van der Waals surface area contributed by atoms with Gasteiger partial charge in [0.1, 0.15) is 0 Å². The van der Waals surface area contributed by atoms with E-state index < -0.39 is 0 Å². The highest BCUT2D eigenvalue weighted by Crippen LogP contribution is 1.82. The van der Waals surface area contributed by atoms with Gasteiger partial charge in [-0.05, 0) is 20.4 Å². The predicted octanol–water partition coefficient (Wildman–Crippen LogP) is 2.75. The van der Waals surface area contributed by atoms with E-state index >= 15 is 0 Å². The lowest BCUT2D eigenvalue weighted by molar-refractivity contribution is 0.730. The second-order valence-corrected chi connectivity index (χ2v) is 2.39. The molecule has 0 bridgehead atoms. The van der Waals surface area contributed by atoms with Gasteiger partial charge < -0.3 is 5.32 Å². The molecule has 0 aromatic carbocycles. The van der Waals surface area contributed by atoms with Gasteiger partial charge in [0.25, 0.3) is 0 Å². The largest absolute Gasteiger partial charge is 0.314 e. The number of rotatable bonds is 4. The highest BCUT2D eigenvalue weighted by atomic mass is 14.8. The highest BCUT2D eigenvalue weighted by molar-refractivity contribution is 4.79. The maximum absolute atomic E-state index is 3.57. The topological polar surface area (TPSA) is 12.0 Å². The fourth-order valence-electron chi connectivity index (χ4n) is 0.322. The van der Waals surface area contributed by atoms with Crippen molar-refractivity contribution in [2.75, 3.05) is 7.05 Å². The Hall–Kier alpha value is -0.560. The van der Waals surface area contributed by atoms with Gasteiger partial charge in [-0.2, -0.15) is 0 Å². The third-order valence-corrected chi connectivity index (χ3v) is 1.30. The first-order valence-electron chi connectivity index (χ1n) is 4.13. The van der Waals surface area contributed by atoms with Crippen LogP contribution >= 0.6 is 0 Å². The van der Waals surface area contributed by atoms with Gasteiger partial charge in [-0.3, -0.25) is 0 Å². The van der Waals surface area contributed by atoms with Crippen molar-refractivity contribution in [3.63, 3.8) is 0 Å². The van der Waals surface area contributed by atoms with E-state index in [-0.39, 0.29) is 0 Å². The molecule has 0 saturated carbocycles. The molecule has 0 aromatic rings. The van der Waals surface area contributed by atoms with Crippen molar-refractivity contribution in [2.24, 2.45) is 0 Å². The molecule has 0 spiro atoms. The lowest BCUT2D eigenvalue weighted by Gasteiger charge is -1.98. The van der Waals surface area contributed by atoms with Crippen LogP contribution in [0.25, 0.3) is 0 Å². The van der Waals surface area contributed by atoms with Crippen molar-refractivity contribution in [1.82, 2.24) is 5.32 Å². The van der Waals surface area contributed by atoms with E-state index in [1.165, 1.54) is 6.42 Å². The monoisotopic (exact) mass is 155 g/mol. The van der Waals surface area contributed by atoms with E-state index in [0.29, 0.717) is 6.04 Å². The van der Waals surface area contributed by atoms with Crippen molar-refractivity contribution in [1.29, 1.82) is 0 Å². The SMILES string of the molecule is C=CC(C)NC.C=CCCC. The normalized spacial score (nSPS) is 10.8. The van der Waals surface area contributed by atoms with Gasteiger partial charge in [-0.15, -0.1) is 13.2 Å². The summed E-state index contributed by atoms with van der Waals surface area (Å²) >= 11 is 0. The molecule has 11 heavy (non-hydrogen) atoms. The molecule has 0 aliphatic heterocycles.